The Balaban J connectivity index is 2.12. The molecule has 0 heteroatoms. The van der Waals surface area contributed by atoms with E-state index in [0.717, 1.165) is 12.8 Å². The molecule has 108 valence electrons. The first-order valence-electron chi connectivity index (χ1n) is 7.82. The van der Waals surface area contributed by atoms with Crippen LogP contribution < -0.4 is 10.4 Å². The quantitative estimate of drug-likeness (QED) is 0.716. The maximum Gasteiger partial charge on any atom is -0.00886 e. The fourth-order valence-corrected chi connectivity index (χ4v) is 3.25. The molecule has 0 aliphatic heterocycles. The Kier molecular flexibility index (Phi) is 3.49. The lowest BCUT2D eigenvalue weighted by Gasteiger charge is -2.21. The molecule has 0 saturated heterocycles. The van der Waals surface area contributed by atoms with E-state index in [0.29, 0.717) is 5.41 Å². The fraction of sp³-hybridized carbons (Fsp3) is 0.333. The number of hydrogen-bond acceptors (Lipinski definition) is 0. The van der Waals surface area contributed by atoms with Crippen molar-refractivity contribution in [2.45, 2.75) is 40.5 Å². The van der Waals surface area contributed by atoms with Crippen molar-refractivity contribution in [2.75, 3.05) is 0 Å². The summed E-state index contributed by atoms with van der Waals surface area (Å²) in [7, 11) is 0. The number of benzene rings is 2. The normalized spacial score (nSPS) is 17.0. The van der Waals surface area contributed by atoms with Crippen LogP contribution in [0.5, 0.6) is 0 Å². The van der Waals surface area contributed by atoms with Crippen molar-refractivity contribution in [3.05, 3.63) is 58.0 Å². The first-order chi connectivity index (χ1) is 9.92. The number of hydrogen-bond donors (Lipinski definition) is 0. The van der Waals surface area contributed by atoms with E-state index in [9.17, 15) is 0 Å². The Morgan fingerprint density at radius 2 is 1.62 bits per heavy atom. The van der Waals surface area contributed by atoms with E-state index in [2.05, 4.69) is 76.2 Å². The number of rotatable bonds is 1. The summed E-state index contributed by atoms with van der Waals surface area (Å²) >= 11 is 0. The average Bonchev–Trinajstić information content (AvgIpc) is 2.42. The third kappa shape index (κ3) is 3.10. The molecule has 0 nitrogen and oxygen atoms in total. The van der Waals surface area contributed by atoms with Gasteiger partial charge in [0.1, 0.15) is 0 Å². The van der Waals surface area contributed by atoms with Gasteiger partial charge in [-0.3, -0.25) is 0 Å². The third-order valence-electron chi connectivity index (χ3n) is 4.17. The molecule has 3 rings (SSSR count). The summed E-state index contributed by atoms with van der Waals surface area (Å²) < 4.78 is 0. The summed E-state index contributed by atoms with van der Waals surface area (Å²) in [6.45, 7) is 9.22. The summed E-state index contributed by atoms with van der Waals surface area (Å²) in [6.07, 6.45) is 6.99. The molecule has 0 aromatic heterocycles. The monoisotopic (exact) mass is 276 g/mol. The van der Waals surface area contributed by atoms with Gasteiger partial charge in [-0.25, -0.2) is 0 Å². The zero-order chi connectivity index (χ0) is 15.0. The molecule has 0 heterocycles. The predicted molar refractivity (Wildman–Crippen MR) is 93.5 cm³/mol. The second kappa shape index (κ2) is 5.18. The van der Waals surface area contributed by atoms with Crippen LogP contribution in [0.15, 0.2) is 47.5 Å². The van der Waals surface area contributed by atoms with Crippen LogP contribution in [-0.4, -0.2) is 0 Å². The van der Waals surface area contributed by atoms with Gasteiger partial charge in [0.15, 0.2) is 0 Å². The highest BCUT2D eigenvalue weighted by molar-refractivity contribution is 5.83. The molecule has 1 aliphatic rings. The molecule has 0 amide bonds. The van der Waals surface area contributed by atoms with E-state index in [1.54, 1.807) is 0 Å². The van der Waals surface area contributed by atoms with Gasteiger partial charge < -0.3 is 0 Å². The maximum absolute atomic E-state index is 2.39. The molecule has 0 saturated carbocycles. The van der Waals surface area contributed by atoms with Crippen molar-refractivity contribution in [3.63, 3.8) is 0 Å². The lowest BCUT2D eigenvalue weighted by molar-refractivity contribution is 0.408. The Labute approximate surface area is 127 Å². The van der Waals surface area contributed by atoms with Gasteiger partial charge in [0, 0.05) is 0 Å². The highest BCUT2D eigenvalue weighted by atomic mass is 14.2. The summed E-state index contributed by atoms with van der Waals surface area (Å²) in [5.74, 6) is 0. The number of fused-ring (bicyclic) bond motifs is 2. The average molecular weight is 276 g/mol. The molecule has 0 spiro atoms. The van der Waals surface area contributed by atoms with E-state index in [1.165, 1.54) is 32.4 Å². The van der Waals surface area contributed by atoms with Crippen LogP contribution in [-0.2, 0) is 0 Å². The van der Waals surface area contributed by atoms with Crippen molar-refractivity contribution in [1.82, 2.24) is 0 Å². The summed E-state index contributed by atoms with van der Waals surface area (Å²) in [6, 6.07) is 13.3. The second-order valence-electron chi connectivity index (χ2n) is 7.42. The van der Waals surface area contributed by atoms with Gasteiger partial charge in [-0.05, 0) is 64.1 Å². The minimum atomic E-state index is 0.356. The summed E-state index contributed by atoms with van der Waals surface area (Å²) in [5, 5.41) is 5.40. The standard InChI is InChI=1S/C21H24/c1-15(14-21(2,3)4)16-9-10-19-12-17-7-5-6-8-18(17)13-20(19)11-16/h5-8,10-13H,9,14H2,1-4H3. The van der Waals surface area contributed by atoms with E-state index in [1.807, 2.05) is 0 Å². The Morgan fingerprint density at radius 3 is 2.24 bits per heavy atom. The first kappa shape index (κ1) is 14.1. The number of allylic oxidation sites excluding steroid dienone is 2. The molecule has 2 aromatic rings. The molecule has 21 heavy (non-hydrogen) atoms. The van der Waals surface area contributed by atoms with Gasteiger partial charge in [-0.2, -0.15) is 0 Å². The molecule has 0 atom stereocenters. The Hall–Kier alpha value is -1.82. The first-order valence-corrected chi connectivity index (χ1v) is 7.82. The van der Waals surface area contributed by atoms with E-state index >= 15 is 0 Å². The van der Waals surface area contributed by atoms with Crippen LogP contribution in [0, 0.1) is 5.41 Å². The lowest BCUT2D eigenvalue weighted by Crippen LogP contribution is -2.27. The van der Waals surface area contributed by atoms with Gasteiger partial charge in [0.2, 0.25) is 0 Å². The molecule has 1 aliphatic carbocycles. The molecule has 0 N–H and O–H groups in total. The van der Waals surface area contributed by atoms with E-state index < -0.39 is 0 Å². The lowest BCUT2D eigenvalue weighted by atomic mass is 9.85. The SMILES string of the molecule is CC(CC(C)(C)C)=C1C=c2cc3ccccc3cc2=CC1. The molecule has 0 unspecified atom stereocenters. The Morgan fingerprint density at radius 1 is 1.00 bits per heavy atom. The molecular formula is C21H24. The van der Waals surface area contributed by atoms with Crippen molar-refractivity contribution in [2.24, 2.45) is 5.41 Å². The van der Waals surface area contributed by atoms with Gasteiger partial charge in [-0.15, -0.1) is 0 Å². The molecular weight excluding hydrogens is 252 g/mol. The van der Waals surface area contributed by atoms with Crippen LogP contribution in [0.25, 0.3) is 22.9 Å². The highest BCUT2D eigenvalue weighted by Crippen LogP contribution is 2.27. The summed E-state index contributed by atoms with van der Waals surface area (Å²) in [5.41, 5.74) is 3.37. The van der Waals surface area contributed by atoms with Crippen LogP contribution in [0.4, 0.5) is 0 Å². The third-order valence-corrected chi connectivity index (χ3v) is 4.17. The van der Waals surface area contributed by atoms with E-state index in [-0.39, 0.29) is 0 Å². The Bertz CT molecular complexity index is 826. The largest absolute Gasteiger partial charge is 0.0722 e. The van der Waals surface area contributed by atoms with Crippen molar-refractivity contribution in [3.8, 4) is 0 Å². The molecule has 2 aromatic carbocycles. The van der Waals surface area contributed by atoms with Gasteiger partial charge in [0.25, 0.3) is 0 Å². The molecule has 0 bridgehead atoms. The van der Waals surface area contributed by atoms with Crippen molar-refractivity contribution < 1.29 is 0 Å². The summed E-state index contributed by atoms with van der Waals surface area (Å²) in [4.78, 5) is 0. The molecule has 0 radical (unpaired) electrons. The second-order valence-corrected chi connectivity index (χ2v) is 7.42. The zero-order valence-electron chi connectivity index (χ0n) is 13.5. The smallest absolute Gasteiger partial charge is 0.00886 e. The van der Waals surface area contributed by atoms with Crippen molar-refractivity contribution in [1.29, 1.82) is 0 Å². The minimum absolute atomic E-state index is 0.356. The van der Waals surface area contributed by atoms with Crippen LogP contribution in [0.2, 0.25) is 0 Å². The van der Waals surface area contributed by atoms with Crippen LogP contribution in [0.1, 0.15) is 40.5 Å². The van der Waals surface area contributed by atoms with Gasteiger partial charge in [-0.1, -0.05) is 62.8 Å². The predicted octanol–water partition coefficient (Wildman–Crippen LogP) is 4.56. The maximum atomic E-state index is 2.39. The molecule has 0 fully saturated rings. The zero-order valence-corrected chi connectivity index (χ0v) is 13.5. The fourth-order valence-electron chi connectivity index (χ4n) is 3.25. The topological polar surface area (TPSA) is 0 Å². The highest BCUT2D eigenvalue weighted by Gasteiger charge is 2.13. The van der Waals surface area contributed by atoms with Gasteiger partial charge in [0.05, 0.1) is 0 Å². The van der Waals surface area contributed by atoms with E-state index in [4.69, 9.17) is 0 Å². The van der Waals surface area contributed by atoms with Crippen molar-refractivity contribution >= 4 is 22.9 Å². The van der Waals surface area contributed by atoms with Crippen LogP contribution in [0.3, 0.4) is 0 Å². The van der Waals surface area contributed by atoms with Crippen LogP contribution >= 0.6 is 0 Å². The minimum Gasteiger partial charge on any atom is -0.0722 e. The van der Waals surface area contributed by atoms with Gasteiger partial charge >= 0.3 is 0 Å².